The minimum Gasteiger partial charge on any atom is -0.384 e. The fourth-order valence-electron chi connectivity index (χ4n) is 4.32. The molecular weight excluding hydrogens is 440 g/mol. The second-order valence-electron chi connectivity index (χ2n) is 9.18. The van der Waals surface area contributed by atoms with Crippen LogP contribution in [0, 0.1) is 0 Å². The van der Waals surface area contributed by atoms with Crippen LogP contribution in [0.5, 0.6) is 0 Å². The summed E-state index contributed by atoms with van der Waals surface area (Å²) in [5, 5.41) is 10.3. The van der Waals surface area contributed by atoms with Gasteiger partial charge >= 0.3 is 0 Å². The number of aromatic nitrogens is 3. The number of aliphatic hydroxyl groups is 1. The molecule has 0 unspecified atom stereocenters. The van der Waals surface area contributed by atoms with E-state index in [-0.39, 0.29) is 11.2 Å². The Morgan fingerprint density at radius 1 is 1.15 bits per heavy atom. The van der Waals surface area contributed by atoms with Crippen LogP contribution in [0.25, 0.3) is 11.3 Å². The van der Waals surface area contributed by atoms with Crippen molar-refractivity contribution in [1.82, 2.24) is 15.0 Å². The van der Waals surface area contributed by atoms with Crippen LogP contribution in [-0.2, 0) is 25.6 Å². The molecule has 2 aliphatic rings. The molecule has 2 aliphatic heterocycles. The minimum absolute atomic E-state index is 0.0436. The van der Waals surface area contributed by atoms with Gasteiger partial charge in [0.05, 0.1) is 40.7 Å². The summed E-state index contributed by atoms with van der Waals surface area (Å²) in [6.07, 6.45) is 3.40. The van der Waals surface area contributed by atoms with Crippen LogP contribution < -0.4 is 4.90 Å². The van der Waals surface area contributed by atoms with Crippen molar-refractivity contribution in [3.63, 3.8) is 0 Å². The summed E-state index contributed by atoms with van der Waals surface area (Å²) in [7, 11) is -3.34. The first-order chi connectivity index (χ1) is 15.6. The van der Waals surface area contributed by atoms with Gasteiger partial charge < -0.3 is 14.7 Å². The highest BCUT2D eigenvalue weighted by Gasteiger charge is 2.49. The normalized spacial score (nSPS) is 17.2. The van der Waals surface area contributed by atoms with Crippen molar-refractivity contribution in [1.29, 1.82) is 0 Å². The number of ether oxygens (including phenoxy) is 1. The molecule has 0 bridgehead atoms. The quantitative estimate of drug-likeness (QED) is 0.612. The Morgan fingerprint density at radius 2 is 1.88 bits per heavy atom. The molecule has 1 aromatic carbocycles. The second kappa shape index (κ2) is 7.58. The van der Waals surface area contributed by atoms with Gasteiger partial charge in [-0.25, -0.2) is 23.4 Å². The molecular formula is C24H26N4O4S. The molecule has 1 N–H and O–H groups in total. The predicted molar refractivity (Wildman–Crippen MR) is 124 cm³/mol. The largest absolute Gasteiger partial charge is 0.384 e. The van der Waals surface area contributed by atoms with Gasteiger partial charge in [-0.1, -0.05) is 19.1 Å². The average molecular weight is 467 g/mol. The molecule has 8 nitrogen and oxygen atoms in total. The second-order valence-corrected chi connectivity index (χ2v) is 11.5. The molecule has 0 atom stereocenters. The van der Waals surface area contributed by atoms with Crippen molar-refractivity contribution in [2.45, 2.75) is 36.7 Å². The Bertz CT molecular complexity index is 1310. The summed E-state index contributed by atoms with van der Waals surface area (Å²) >= 11 is 0. The van der Waals surface area contributed by atoms with Gasteiger partial charge in [0.25, 0.3) is 0 Å². The van der Waals surface area contributed by atoms with Crippen molar-refractivity contribution in [2.75, 3.05) is 30.4 Å². The number of pyridine rings is 1. The molecule has 0 radical (unpaired) electrons. The van der Waals surface area contributed by atoms with E-state index < -0.39 is 15.4 Å². The minimum atomic E-state index is -3.34. The summed E-state index contributed by atoms with van der Waals surface area (Å²) in [4.78, 5) is 16.0. The first-order valence-corrected chi connectivity index (χ1v) is 12.5. The molecule has 33 heavy (non-hydrogen) atoms. The average Bonchev–Trinajstić information content (AvgIpc) is 3.14. The third-order valence-electron chi connectivity index (χ3n) is 6.34. The topological polar surface area (TPSA) is 106 Å². The van der Waals surface area contributed by atoms with Crippen molar-refractivity contribution in [3.05, 3.63) is 60.0 Å². The molecule has 0 amide bonds. The van der Waals surface area contributed by atoms with E-state index in [1.807, 2.05) is 23.1 Å². The number of fused-ring (bicyclic) bond motifs is 2. The highest BCUT2D eigenvalue weighted by atomic mass is 32.2. The van der Waals surface area contributed by atoms with Crippen molar-refractivity contribution in [3.8, 4) is 11.3 Å². The van der Waals surface area contributed by atoms with Crippen LogP contribution in [0.3, 0.4) is 0 Å². The Labute approximate surface area is 193 Å². The lowest BCUT2D eigenvalue weighted by atomic mass is 9.81. The Hall–Kier alpha value is -2.88. The van der Waals surface area contributed by atoms with Gasteiger partial charge in [-0.2, -0.15) is 0 Å². The summed E-state index contributed by atoms with van der Waals surface area (Å²) in [5.41, 5.74) is 2.62. The summed E-state index contributed by atoms with van der Waals surface area (Å²) < 4.78 is 30.5. The predicted octanol–water partition coefficient (Wildman–Crippen LogP) is 2.98. The Kier molecular flexibility index (Phi) is 5.04. The molecule has 0 aliphatic carbocycles. The maximum absolute atomic E-state index is 12.5. The van der Waals surface area contributed by atoms with E-state index in [1.165, 1.54) is 0 Å². The third-order valence-corrected chi connectivity index (χ3v) is 8.07. The molecule has 1 saturated heterocycles. The zero-order chi connectivity index (χ0) is 23.4. The lowest BCUT2D eigenvalue weighted by Crippen LogP contribution is -2.49. The van der Waals surface area contributed by atoms with Crippen molar-refractivity contribution in [2.24, 2.45) is 0 Å². The molecule has 9 heteroatoms. The standard InChI is InChI=1S/C24H26N4O4S/c1-4-33(30,31)17-8-9-18-20(10-17)28(13-24(18)14-32-15-24)22-25-11-16(12-26-22)19-6-5-7-21(27-19)23(2,3)29/h5-12,29H,4,13-15H2,1-3H3. The molecule has 0 saturated carbocycles. The zero-order valence-corrected chi connectivity index (χ0v) is 19.6. The number of hydrogen-bond donors (Lipinski definition) is 1. The van der Waals surface area contributed by atoms with Crippen LogP contribution in [0.1, 0.15) is 32.0 Å². The first kappa shape index (κ1) is 21.9. The highest BCUT2D eigenvalue weighted by Crippen LogP contribution is 2.48. The number of sulfone groups is 1. The smallest absolute Gasteiger partial charge is 0.229 e. The SMILES string of the molecule is CCS(=O)(=O)c1ccc2c(c1)N(c1ncc(-c3cccc(C(C)(C)O)n3)cn1)CC21COC1. The van der Waals surface area contributed by atoms with E-state index in [4.69, 9.17) is 4.74 Å². The maximum Gasteiger partial charge on any atom is 0.229 e. The fraction of sp³-hybridized carbons (Fsp3) is 0.375. The number of benzene rings is 1. The molecule has 1 fully saturated rings. The molecule has 3 aromatic rings. The number of nitrogens with zero attached hydrogens (tertiary/aromatic N) is 4. The van der Waals surface area contributed by atoms with E-state index in [2.05, 4.69) is 15.0 Å². The van der Waals surface area contributed by atoms with Crippen LogP contribution in [-0.4, -0.2) is 54.0 Å². The monoisotopic (exact) mass is 466 g/mol. The van der Waals surface area contributed by atoms with Gasteiger partial charge in [0.1, 0.15) is 5.60 Å². The van der Waals surface area contributed by atoms with E-state index >= 15 is 0 Å². The summed E-state index contributed by atoms with van der Waals surface area (Å²) in [5.74, 6) is 0.538. The first-order valence-electron chi connectivity index (χ1n) is 10.9. The van der Waals surface area contributed by atoms with E-state index in [0.717, 1.165) is 16.8 Å². The van der Waals surface area contributed by atoms with Gasteiger partial charge in [0.2, 0.25) is 5.95 Å². The van der Waals surface area contributed by atoms with Crippen LogP contribution in [0.2, 0.25) is 0 Å². The molecule has 172 valence electrons. The molecule has 2 aromatic heterocycles. The molecule has 5 rings (SSSR count). The van der Waals surface area contributed by atoms with Gasteiger partial charge in [-0.3, -0.25) is 0 Å². The van der Waals surface area contributed by atoms with Crippen LogP contribution >= 0.6 is 0 Å². The zero-order valence-electron chi connectivity index (χ0n) is 18.8. The van der Waals surface area contributed by atoms with Crippen molar-refractivity contribution >= 4 is 21.5 Å². The highest BCUT2D eigenvalue weighted by molar-refractivity contribution is 7.91. The Morgan fingerprint density at radius 3 is 2.48 bits per heavy atom. The van der Waals surface area contributed by atoms with Gasteiger partial charge in [-0.15, -0.1) is 0 Å². The van der Waals surface area contributed by atoms with E-state index in [9.17, 15) is 13.5 Å². The third kappa shape index (κ3) is 3.70. The van der Waals surface area contributed by atoms with Crippen LogP contribution in [0.4, 0.5) is 11.6 Å². The van der Waals surface area contributed by atoms with Crippen molar-refractivity contribution < 1.29 is 18.3 Å². The number of hydrogen-bond acceptors (Lipinski definition) is 8. The Balaban J connectivity index is 1.52. The lowest BCUT2D eigenvalue weighted by molar-refractivity contribution is -0.0507. The lowest BCUT2D eigenvalue weighted by Gasteiger charge is -2.38. The van der Waals surface area contributed by atoms with Gasteiger partial charge in [-0.05, 0) is 43.7 Å². The number of rotatable bonds is 5. The van der Waals surface area contributed by atoms with E-state index in [1.54, 1.807) is 51.4 Å². The summed E-state index contributed by atoms with van der Waals surface area (Å²) in [6.45, 7) is 6.82. The fourth-order valence-corrected chi connectivity index (χ4v) is 5.22. The summed E-state index contributed by atoms with van der Waals surface area (Å²) in [6, 6.07) is 10.8. The maximum atomic E-state index is 12.5. The molecule has 4 heterocycles. The van der Waals surface area contributed by atoms with Crippen LogP contribution in [0.15, 0.2) is 53.7 Å². The molecule has 1 spiro atoms. The number of anilines is 2. The van der Waals surface area contributed by atoms with Gasteiger partial charge in [0.15, 0.2) is 9.84 Å². The van der Waals surface area contributed by atoms with E-state index in [0.29, 0.717) is 42.0 Å². The van der Waals surface area contributed by atoms with Gasteiger partial charge in [0, 0.05) is 30.2 Å².